The van der Waals surface area contributed by atoms with Crippen molar-refractivity contribution in [2.24, 2.45) is 0 Å². The highest BCUT2D eigenvalue weighted by Crippen LogP contribution is 2.30. The number of halogens is 2. The summed E-state index contributed by atoms with van der Waals surface area (Å²) in [6.45, 7) is 3.14. The van der Waals surface area contributed by atoms with Gasteiger partial charge in [0.05, 0.1) is 12.6 Å². The van der Waals surface area contributed by atoms with Crippen LogP contribution in [0.1, 0.15) is 27.5 Å². The fourth-order valence-electron chi connectivity index (χ4n) is 4.68. The first-order valence-corrected chi connectivity index (χ1v) is 11.6. The smallest absolute Gasteiger partial charge is 0.414 e. The summed E-state index contributed by atoms with van der Waals surface area (Å²) in [5.74, 6) is -0.690. The van der Waals surface area contributed by atoms with E-state index in [2.05, 4.69) is 4.90 Å². The molecule has 3 aromatic rings. The van der Waals surface area contributed by atoms with Crippen LogP contribution in [0.2, 0.25) is 0 Å². The molecule has 35 heavy (non-hydrogen) atoms. The van der Waals surface area contributed by atoms with Crippen LogP contribution in [0.25, 0.3) is 0 Å². The zero-order valence-electron chi connectivity index (χ0n) is 19.1. The third kappa shape index (κ3) is 4.88. The van der Waals surface area contributed by atoms with Crippen molar-refractivity contribution in [3.8, 4) is 0 Å². The van der Waals surface area contributed by atoms with Crippen LogP contribution >= 0.6 is 0 Å². The Balaban J connectivity index is 1.28. The molecule has 2 amide bonds. The number of carbonyl (C=O) groups is 2. The first-order valence-electron chi connectivity index (χ1n) is 11.6. The van der Waals surface area contributed by atoms with Gasteiger partial charge in [-0.3, -0.25) is 14.6 Å². The van der Waals surface area contributed by atoms with Crippen molar-refractivity contribution in [1.82, 2.24) is 9.80 Å². The fraction of sp³-hybridized carbons (Fsp3) is 0.259. The normalized spacial score (nSPS) is 16.6. The van der Waals surface area contributed by atoms with Crippen LogP contribution in [0.5, 0.6) is 0 Å². The topological polar surface area (TPSA) is 53.1 Å². The standard InChI is InChI=1S/C27H25F2N3O3/c28-22-7-1-19(2-8-22)25(20-3-9-23(29)10-4-20)30-13-15-31(16-14-30)26(33)21-5-11-24(12-6-21)32-17-18-35-27(32)34/h1-12,25H,13-18H2. The van der Waals surface area contributed by atoms with Crippen molar-refractivity contribution in [3.63, 3.8) is 0 Å². The molecular weight excluding hydrogens is 452 g/mol. The van der Waals surface area contributed by atoms with E-state index in [0.717, 1.165) is 11.1 Å². The Bertz CT molecular complexity index is 1150. The molecular formula is C27H25F2N3O3. The fourth-order valence-corrected chi connectivity index (χ4v) is 4.68. The summed E-state index contributed by atoms with van der Waals surface area (Å²) < 4.78 is 32.1. The molecule has 0 aliphatic carbocycles. The lowest BCUT2D eigenvalue weighted by molar-refractivity contribution is 0.0597. The van der Waals surface area contributed by atoms with Gasteiger partial charge in [0.15, 0.2) is 0 Å². The van der Waals surface area contributed by atoms with Gasteiger partial charge < -0.3 is 9.64 Å². The molecule has 2 saturated heterocycles. The van der Waals surface area contributed by atoms with Gasteiger partial charge >= 0.3 is 6.09 Å². The number of hydrogen-bond acceptors (Lipinski definition) is 4. The molecule has 8 heteroatoms. The predicted molar refractivity (Wildman–Crippen MR) is 127 cm³/mol. The number of benzene rings is 3. The Hall–Kier alpha value is -3.78. The van der Waals surface area contributed by atoms with E-state index in [1.807, 2.05) is 4.90 Å². The third-order valence-electron chi connectivity index (χ3n) is 6.52. The van der Waals surface area contributed by atoms with E-state index < -0.39 is 0 Å². The van der Waals surface area contributed by atoms with E-state index in [-0.39, 0.29) is 29.7 Å². The number of ether oxygens (including phenoxy) is 1. The van der Waals surface area contributed by atoms with Gasteiger partial charge in [-0.1, -0.05) is 24.3 Å². The van der Waals surface area contributed by atoms with E-state index >= 15 is 0 Å². The molecule has 0 radical (unpaired) electrons. The molecule has 0 unspecified atom stereocenters. The summed E-state index contributed by atoms with van der Waals surface area (Å²) in [5.41, 5.74) is 3.08. The monoisotopic (exact) mass is 477 g/mol. The van der Waals surface area contributed by atoms with Gasteiger partial charge in [-0.2, -0.15) is 0 Å². The van der Waals surface area contributed by atoms with Gasteiger partial charge in [-0.15, -0.1) is 0 Å². The summed E-state index contributed by atoms with van der Waals surface area (Å²) in [5, 5.41) is 0. The zero-order valence-corrected chi connectivity index (χ0v) is 19.1. The Morgan fingerprint density at radius 2 is 1.29 bits per heavy atom. The van der Waals surface area contributed by atoms with Gasteiger partial charge in [0, 0.05) is 37.4 Å². The van der Waals surface area contributed by atoms with Gasteiger partial charge in [0.25, 0.3) is 5.91 Å². The molecule has 5 rings (SSSR count). The number of rotatable bonds is 5. The molecule has 0 N–H and O–H groups in total. The Morgan fingerprint density at radius 3 is 1.77 bits per heavy atom. The molecule has 0 spiro atoms. The maximum atomic E-state index is 13.5. The Kier molecular flexibility index (Phi) is 6.46. The highest BCUT2D eigenvalue weighted by atomic mass is 19.1. The third-order valence-corrected chi connectivity index (χ3v) is 6.52. The summed E-state index contributed by atoms with van der Waals surface area (Å²) in [7, 11) is 0. The van der Waals surface area contributed by atoms with Crippen molar-refractivity contribution in [3.05, 3.63) is 101 Å². The van der Waals surface area contributed by atoms with Crippen LogP contribution in [0.4, 0.5) is 19.3 Å². The molecule has 2 heterocycles. The predicted octanol–water partition coefficient (Wildman–Crippen LogP) is 4.47. The summed E-state index contributed by atoms with van der Waals surface area (Å²) >= 11 is 0. The quantitative estimate of drug-likeness (QED) is 0.544. The van der Waals surface area contributed by atoms with Crippen molar-refractivity contribution >= 4 is 17.7 Å². The maximum Gasteiger partial charge on any atom is 0.414 e. The molecule has 6 nitrogen and oxygen atoms in total. The molecule has 0 atom stereocenters. The number of nitrogens with zero attached hydrogens (tertiary/aromatic N) is 3. The van der Waals surface area contributed by atoms with E-state index in [0.29, 0.717) is 50.6 Å². The largest absolute Gasteiger partial charge is 0.447 e. The van der Waals surface area contributed by atoms with Crippen LogP contribution in [-0.2, 0) is 4.74 Å². The number of amides is 2. The molecule has 2 fully saturated rings. The second-order valence-electron chi connectivity index (χ2n) is 8.65. The van der Waals surface area contributed by atoms with E-state index in [4.69, 9.17) is 4.74 Å². The van der Waals surface area contributed by atoms with Crippen LogP contribution in [-0.4, -0.2) is 61.1 Å². The highest BCUT2D eigenvalue weighted by Gasteiger charge is 2.29. The van der Waals surface area contributed by atoms with Crippen LogP contribution in [0, 0.1) is 11.6 Å². The van der Waals surface area contributed by atoms with Crippen molar-refractivity contribution in [1.29, 1.82) is 0 Å². The van der Waals surface area contributed by atoms with E-state index in [9.17, 15) is 18.4 Å². The van der Waals surface area contributed by atoms with Crippen molar-refractivity contribution < 1.29 is 23.1 Å². The molecule has 0 saturated carbocycles. The van der Waals surface area contributed by atoms with E-state index in [1.165, 1.54) is 29.2 Å². The molecule has 2 aliphatic heterocycles. The van der Waals surface area contributed by atoms with Crippen molar-refractivity contribution in [2.45, 2.75) is 6.04 Å². The highest BCUT2D eigenvalue weighted by molar-refractivity contribution is 5.95. The van der Waals surface area contributed by atoms with Gasteiger partial charge in [0.2, 0.25) is 0 Å². The first kappa shape index (κ1) is 23.0. The second-order valence-corrected chi connectivity index (χ2v) is 8.65. The number of hydrogen-bond donors (Lipinski definition) is 0. The van der Waals surface area contributed by atoms with Gasteiger partial charge in [0.1, 0.15) is 18.2 Å². The molecule has 0 aromatic heterocycles. The first-order chi connectivity index (χ1) is 17.0. The van der Waals surface area contributed by atoms with E-state index in [1.54, 1.807) is 48.5 Å². The minimum absolute atomic E-state index is 0.0692. The lowest BCUT2D eigenvalue weighted by Gasteiger charge is -2.39. The minimum atomic E-state index is -0.378. The van der Waals surface area contributed by atoms with Crippen LogP contribution in [0.15, 0.2) is 72.8 Å². The molecule has 180 valence electrons. The number of cyclic esters (lactones) is 1. The van der Waals surface area contributed by atoms with Crippen LogP contribution in [0.3, 0.4) is 0 Å². The maximum absolute atomic E-state index is 13.5. The average Bonchev–Trinajstić information content (AvgIpc) is 3.32. The van der Waals surface area contributed by atoms with Gasteiger partial charge in [-0.25, -0.2) is 13.6 Å². The summed E-state index contributed by atoms with van der Waals surface area (Å²) in [4.78, 5) is 30.4. The number of piperazine rings is 1. The zero-order chi connectivity index (χ0) is 24.4. The number of carbonyl (C=O) groups excluding carboxylic acids is 2. The lowest BCUT2D eigenvalue weighted by Crippen LogP contribution is -2.49. The number of anilines is 1. The summed E-state index contributed by atoms with van der Waals surface area (Å²) in [6.07, 6.45) is -0.378. The molecule has 3 aromatic carbocycles. The SMILES string of the molecule is O=C(c1ccc(N2CCOC2=O)cc1)N1CCN(C(c2ccc(F)cc2)c2ccc(F)cc2)CC1. The van der Waals surface area contributed by atoms with Crippen molar-refractivity contribution in [2.75, 3.05) is 44.2 Å². The lowest BCUT2D eigenvalue weighted by atomic mass is 9.96. The Labute approximate surface area is 202 Å². The molecule has 0 bridgehead atoms. The Morgan fingerprint density at radius 1 is 0.743 bits per heavy atom. The summed E-state index contributed by atoms with van der Waals surface area (Å²) in [6, 6.07) is 19.5. The average molecular weight is 478 g/mol. The minimum Gasteiger partial charge on any atom is -0.447 e. The second kappa shape index (κ2) is 9.84. The molecule has 2 aliphatic rings. The van der Waals surface area contributed by atoms with Gasteiger partial charge in [-0.05, 0) is 59.7 Å². The van der Waals surface area contributed by atoms with Crippen LogP contribution < -0.4 is 4.90 Å².